The maximum absolute atomic E-state index is 13.1. The molecule has 1 fully saturated rings. The van der Waals surface area contributed by atoms with E-state index in [0.29, 0.717) is 48.9 Å². The summed E-state index contributed by atoms with van der Waals surface area (Å²) < 4.78 is 39.0. The minimum absolute atomic E-state index is 0.185. The molecule has 1 saturated heterocycles. The van der Waals surface area contributed by atoms with Gasteiger partial charge in [-0.2, -0.15) is 4.31 Å². The van der Waals surface area contributed by atoms with E-state index in [9.17, 15) is 13.2 Å². The Balaban J connectivity index is 1.56. The highest BCUT2D eigenvalue weighted by Gasteiger charge is 2.31. The summed E-state index contributed by atoms with van der Waals surface area (Å²) in [6, 6.07) is 4.81. The van der Waals surface area contributed by atoms with E-state index in [4.69, 9.17) is 9.15 Å². The molecule has 1 aromatic heterocycles. The number of ether oxygens (including phenoxy) is 1. The number of amides is 1. The first kappa shape index (κ1) is 20.5. The molecule has 164 valence electrons. The van der Waals surface area contributed by atoms with Gasteiger partial charge in [-0.1, -0.05) is 6.92 Å². The predicted molar refractivity (Wildman–Crippen MR) is 117 cm³/mol. The molecule has 5 rings (SSSR count). The van der Waals surface area contributed by atoms with Gasteiger partial charge in [-0.05, 0) is 55.5 Å². The zero-order chi connectivity index (χ0) is 21.6. The van der Waals surface area contributed by atoms with Crippen LogP contribution in [0.25, 0.3) is 11.6 Å². The summed E-state index contributed by atoms with van der Waals surface area (Å²) in [6.45, 7) is 3.53. The Morgan fingerprint density at radius 1 is 1.16 bits per heavy atom. The lowest BCUT2D eigenvalue weighted by Crippen LogP contribution is -2.40. The fourth-order valence-corrected chi connectivity index (χ4v) is 6.13. The van der Waals surface area contributed by atoms with Gasteiger partial charge in [0.25, 0.3) is 5.91 Å². The summed E-state index contributed by atoms with van der Waals surface area (Å²) in [5, 5.41) is 2.85. The Hall–Kier alpha value is -2.42. The second kappa shape index (κ2) is 7.93. The third-order valence-corrected chi connectivity index (χ3v) is 8.22. The van der Waals surface area contributed by atoms with Crippen molar-refractivity contribution in [3.05, 3.63) is 46.4 Å². The van der Waals surface area contributed by atoms with E-state index < -0.39 is 10.0 Å². The van der Waals surface area contributed by atoms with E-state index in [2.05, 4.69) is 12.2 Å². The van der Waals surface area contributed by atoms with Crippen LogP contribution in [0.15, 0.2) is 27.5 Å². The summed E-state index contributed by atoms with van der Waals surface area (Å²) in [5.41, 5.74) is 4.08. The van der Waals surface area contributed by atoms with Gasteiger partial charge in [0.05, 0.1) is 23.7 Å². The number of anilines is 1. The molecular weight excluding hydrogens is 416 g/mol. The van der Waals surface area contributed by atoms with Crippen molar-refractivity contribution < 1.29 is 22.4 Å². The first-order valence-electron chi connectivity index (χ1n) is 10.9. The number of carbonyl (C=O) groups excluding carboxylic acids is 1. The van der Waals surface area contributed by atoms with Crippen molar-refractivity contribution >= 4 is 33.3 Å². The largest absolute Gasteiger partial charge is 0.461 e. The van der Waals surface area contributed by atoms with Gasteiger partial charge in [0.15, 0.2) is 0 Å². The van der Waals surface area contributed by atoms with Crippen LogP contribution in [0.3, 0.4) is 0 Å². The summed E-state index contributed by atoms with van der Waals surface area (Å²) in [7, 11) is -3.65. The van der Waals surface area contributed by atoms with Gasteiger partial charge in [0, 0.05) is 36.3 Å². The molecule has 2 aromatic rings. The minimum atomic E-state index is -3.65. The Bertz CT molecular complexity index is 1170. The van der Waals surface area contributed by atoms with Crippen molar-refractivity contribution in [3.63, 3.8) is 0 Å². The van der Waals surface area contributed by atoms with E-state index >= 15 is 0 Å². The third-order valence-electron chi connectivity index (χ3n) is 6.32. The van der Waals surface area contributed by atoms with Gasteiger partial charge >= 0.3 is 0 Å². The van der Waals surface area contributed by atoms with Gasteiger partial charge in [-0.25, -0.2) is 8.42 Å². The molecule has 31 heavy (non-hydrogen) atoms. The number of hydrogen-bond acceptors (Lipinski definition) is 5. The number of nitrogens with one attached hydrogen (secondary N) is 1. The number of benzene rings is 1. The smallest absolute Gasteiger partial charge is 0.256 e. The number of aryl methyl sites for hydroxylation is 1. The lowest BCUT2D eigenvalue weighted by Gasteiger charge is -2.26. The third kappa shape index (κ3) is 3.52. The Morgan fingerprint density at radius 3 is 2.71 bits per heavy atom. The molecule has 1 amide bonds. The summed E-state index contributed by atoms with van der Waals surface area (Å²) in [6.07, 6.45) is 6.82. The van der Waals surface area contributed by atoms with Crippen molar-refractivity contribution in [2.24, 2.45) is 0 Å². The number of carbonyl (C=O) groups is 1. The fourth-order valence-electron chi connectivity index (χ4n) is 4.69. The van der Waals surface area contributed by atoms with Crippen molar-refractivity contribution in [2.75, 3.05) is 31.6 Å². The quantitative estimate of drug-likeness (QED) is 0.735. The molecular formula is C23H26N2O5S. The van der Waals surface area contributed by atoms with Gasteiger partial charge < -0.3 is 14.5 Å². The number of hydrogen-bond donors (Lipinski definition) is 1. The van der Waals surface area contributed by atoms with Crippen LogP contribution in [0.5, 0.6) is 0 Å². The van der Waals surface area contributed by atoms with Crippen LogP contribution >= 0.6 is 0 Å². The summed E-state index contributed by atoms with van der Waals surface area (Å²) in [4.78, 5) is 12.9. The normalized spacial score (nSPS) is 20.5. The Labute approximate surface area is 182 Å². The molecule has 7 nitrogen and oxygen atoms in total. The summed E-state index contributed by atoms with van der Waals surface area (Å²) >= 11 is 0. The Morgan fingerprint density at radius 2 is 1.94 bits per heavy atom. The Kier molecular flexibility index (Phi) is 5.24. The van der Waals surface area contributed by atoms with Crippen LogP contribution in [0.2, 0.25) is 0 Å². The average molecular weight is 443 g/mol. The van der Waals surface area contributed by atoms with Crippen LogP contribution in [-0.4, -0.2) is 44.9 Å². The standard InChI is InChI=1S/C23H26N2O5S/c1-2-16-17-5-3-4-6-21(17)30-22(16)14-19-18-13-15(7-8-20(18)24-23(19)26)31(27,28)25-9-11-29-12-10-25/h7-8,13-14H,2-6,9-12H2,1H3,(H,24,26). The molecule has 2 aliphatic heterocycles. The van der Waals surface area contributed by atoms with Gasteiger partial charge in [-0.3, -0.25) is 4.79 Å². The van der Waals surface area contributed by atoms with Crippen LogP contribution in [-0.2, 0) is 38.8 Å². The number of rotatable bonds is 4. The summed E-state index contributed by atoms with van der Waals surface area (Å²) in [5.74, 6) is 1.50. The lowest BCUT2D eigenvalue weighted by molar-refractivity contribution is -0.110. The van der Waals surface area contributed by atoms with Crippen molar-refractivity contribution in [1.29, 1.82) is 0 Å². The highest BCUT2D eigenvalue weighted by atomic mass is 32.2. The number of morpholine rings is 1. The minimum Gasteiger partial charge on any atom is -0.461 e. The zero-order valence-electron chi connectivity index (χ0n) is 17.6. The van der Waals surface area contributed by atoms with Crippen LogP contribution in [0.4, 0.5) is 5.69 Å². The number of fused-ring (bicyclic) bond motifs is 2. The fraction of sp³-hybridized carbons (Fsp3) is 0.435. The van der Waals surface area contributed by atoms with E-state index in [1.807, 2.05) is 0 Å². The number of sulfonamides is 1. The maximum atomic E-state index is 13.1. The van der Waals surface area contributed by atoms with Crippen molar-refractivity contribution in [1.82, 2.24) is 4.31 Å². The van der Waals surface area contributed by atoms with E-state index in [-0.39, 0.29) is 10.8 Å². The molecule has 1 aliphatic carbocycles. The zero-order valence-corrected chi connectivity index (χ0v) is 18.4. The molecule has 1 aromatic carbocycles. The molecule has 0 unspecified atom stereocenters. The molecule has 3 heterocycles. The molecule has 0 saturated carbocycles. The maximum Gasteiger partial charge on any atom is 0.256 e. The lowest BCUT2D eigenvalue weighted by atomic mass is 9.93. The topological polar surface area (TPSA) is 88.9 Å². The second-order valence-electron chi connectivity index (χ2n) is 8.14. The van der Waals surface area contributed by atoms with E-state index in [1.165, 1.54) is 9.87 Å². The van der Waals surface area contributed by atoms with E-state index in [1.54, 1.807) is 24.3 Å². The molecule has 1 N–H and O–H groups in total. The van der Waals surface area contributed by atoms with Crippen LogP contribution < -0.4 is 5.32 Å². The monoisotopic (exact) mass is 442 g/mol. The van der Waals surface area contributed by atoms with E-state index in [0.717, 1.165) is 43.4 Å². The predicted octanol–water partition coefficient (Wildman–Crippen LogP) is 3.23. The first-order valence-corrected chi connectivity index (χ1v) is 12.3. The van der Waals surface area contributed by atoms with Crippen LogP contribution in [0.1, 0.15) is 48.0 Å². The number of furan rings is 1. The van der Waals surface area contributed by atoms with Gasteiger partial charge in [0.2, 0.25) is 10.0 Å². The molecule has 0 atom stereocenters. The van der Waals surface area contributed by atoms with Gasteiger partial charge in [-0.15, -0.1) is 0 Å². The molecule has 3 aliphatic rings. The SMILES string of the molecule is CCc1c(C=C2C(=O)Nc3ccc(S(=O)(=O)N4CCOCC4)cc32)oc2c1CCCC2. The highest BCUT2D eigenvalue weighted by molar-refractivity contribution is 7.89. The number of nitrogens with zero attached hydrogens (tertiary/aromatic N) is 1. The van der Waals surface area contributed by atoms with Crippen molar-refractivity contribution in [3.8, 4) is 0 Å². The second-order valence-corrected chi connectivity index (χ2v) is 10.1. The molecule has 8 heteroatoms. The van der Waals surface area contributed by atoms with Gasteiger partial charge in [0.1, 0.15) is 11.5 Å². The molecule has 0 spiro atoms. The first-order chi connectivity index (χ1) is 15.0. The molecule has 0 radical (unpaired) electrons. The average Bonchev–Trinajstić information content (AvgIpc) is 3.30. The van der Waals surface area contributed by atoms with Crippen molar-refractivity contribution in [2.45, 2.75) is 43.9 Å². The molecule has 0 bridgehead atoms. The van der Waals surface area contributed by atoms with Crippen LogP contribution in [0, 0.1) is 0 Å². The highest BCUT2D eigenvalue weighted by Crippen LogP contribution is 2.38.